The van der Waals surface area contributed by atoms with Gasteiger partial charge in [-0.25, -0.2) is 4.39 Å². The molecular formula is C9H6ClFN2O. The molecule has 72 valence electrons. The van der Waals surface area contributed by atoms with Gasteiger partial charge in [-0.1, -0.05) is 16.8 Å². The highest BCUT2D eigenvalue weighted by Gasteiger charge is 2.10. The lowest BCUT2D eigenvalue weighted by Gasteiger charge is -1.97. The Kier molecular flexibility index (Phi) is 2.21. The molecule has 0 radical (unpaired) electrons. The quantitative estimate of drug-likeness (QED) is 0.730. The van der Waals surface area contributed by atoms with E-state index in [0.717, 1.165) is 0 Å². The molecule has 1 heterocycles. The van der Waals surface area contributed by atoms with Crippen LogP contribution < -0.4 is 0 Å². The average molecular weight is 213 g/mol. The Labute approximate surface area is 84.5 Å². The maximum Gasteiger partial charge on any atom is 0.223 e. The SMILES string of the molecule is Cc1nc(-c2ccc(F)cc2Cl)no1. The van der Waals surface area contributed by atoms with Gasteiger partial charge in [0.2, 0.25) is 11.7 Å². The fourth-order valence-corrected chi connectivity index (χ4v) is 1.33. The van der Waals surface area contributed by atoms with E-state index in [-0.39, 0.29) is 10.8 Å². The molecule has 2 aromatic rings. The molecule has 5 heteroatoms. The molecule has 0 saturated carbocycles. The van der Waals surface area contributed by atoms with Gasteiger partial charge in [0.15, 0.2) is 0 Å². The summed E-state index contributed by atoms with van der Waals surface area (Å²) in [5.41, 5.74) is 0.560. The molecule has 0 N–H and O–H groups in total. The topological polar surface area (TPSA) is 38.9 Å². The maximum atomic E-state index is 12.7. The minimum absolute atomic E-state index is 0.269. The van der Waals surface area contributed by atoms with Gasteiger partial charge in [-0.2, -0.15) is 4.98 Å². The minimum Gasteiger partial charge on any atom is -0.339 e. The summed E-state index contributed by atoms with van der Waals surface area (Å²) in [5, 5.41) is 3.95. The third-order valence-corrected chi connectivity index (χ3v) is 2.01. The van der Waals surface area contributed by atoms with E-state index in [1.165, 1.54) is 18.2 Å². The number of nitrogens with zero attached hydrogens (tertiary/aromatic N) is 2. The lowest BCUT2D eigenvalue weighted by atomic mass is 10.2. The molecule has 0 fully saturated rings. The minimum atomic E-state index is -0.390. The first-order valence-corrected chi connectivity index (χ1v) is 4.30. The number of hydrogen-bond donors (Lipinski definition) is 0. The van der Waals surface area contributed by atoms with Crippen LogP contribution in [-0.2, 0) is 0 Å². The van der Waals surface area contributed by atoms with Crippen LogP contribution in [0.15, 0.2) is 22.7 Å². The average Bonchev–Trinajstić information content (AvgIpc) is 2.51. The van der Waals surface area contributed by atoms with Crippen molar-refractivity contribution in [2.75, 3.05) is 0 Å². The summed E-state index contributed by atoms with van der Waals surface area (Å²) >= 11 is 5.81. The second-order valence-corrected chi connectivity index (χ2v) is 3.17. The molecule has 0 bridgehead atoms. The summed E-state index contributed by atoms with van der Waals surface area (Å²) in [4.78, 5) is 3.99. The first-order chi connectivity index (χ1) is 6.66. The fourth-order valence-electron chi connectivity index (χ4n) is 1.08. The maximum absolute atomic E-state index is 12.7. The second-order valence-electron chi connectivity index (χ2n) is 2.76. The molecule has 14 heavy (non-hydrogen) atoms. The molecule has 0 aliphatic carbocycles. The van der Waals surface area contributed by atoms with Gasteiger partial charge in [-0.3, -0.25) is 0 Å². The molecule has 1 aromatic carbocycles. The van der Waals surface area contributed by atoms with Gasteiger partial charge in [0.1, 0.15) is 5.82 Å². The number of hydrogen-bond acceptors (Lipinski definition) is 3. The van der Waals surface area contributed by atoms with E-state index in [9.17, 15) is 4.39 Å². The van der Waals surface area contributed by atoms with Crippen molar-refractivity contribution in [1.29, 1.82) is 0 Å². The van der Waals surface area contributed by atoms with Crippen molar-refractivity contribution in [3.05, 3.63) is 34.9 Å². The first-order valence-electron chi connectivity index (χ1n) is 3.92. The van der Waals surface area contributed by atoms with Crippen LogP contribution in [0.2, 0.25) is 5.02 Å². The lowest BCUT2D eigenvalue weighted by molar-refractivity contribution is 0.394. The lowest BCUT2D eigenvalue weighted by Crippen LogP contribution is -1.83. The van der Waals surface area contributed by atoms with Gasteiger partial charge in [-0.05, 0) is 18.2 Å². The summed E-state index contributed by atoms with van der Waals surface area (Å²) in [6, 6.07) is 4.03. The smallest absolute Gasteiger partial charge is 0.223 e. The third-order valence-electron chi connectivity index (χ3n) is 1.70. The highest BCUT2D eigenvalue weighted by atomic mass is 35.5. The van der Waals surface area contributed by atoms with Crippen molar-refractivity contribution < 1.29 is 8.91 Å². The van der Waals surface area contributed by atoms with Crippen LogP contribution in [-0.4, -0.2) is 10.1 Å². The summed E-state index contributed by atoms with van der Waals surface area (Å²) < 4.78 is 17.5. The van der Waals surface area contributed by atoms with Gasteiger partial charge >= 0.3 is 0 Å². The van der Waals surface area contributed by atoms with Crippen LogP contribution in [0, 0.1) is 12.7 Å². The third kappa shape index (κ3) is 1.61. The fraction of sp³-hybridized carbons (Fsp3) is 0.111. The van der Waals surface area contributed by atoms with Crippen molar-refractivity contribution in [3.63, 3.8) is 0 Å². The van der Waals surface area contributed by atoms with E-state index in [1.54, 1.807) is 6.92 Å². The van der Waals surface area contributed by atoms with Crippen LogP contribution in [0.5, 0.6) is 0 Å². The van der Waals surface area contributed by atoms with Crippen LogP contribution in [0.1, 0.15) is 5.89 Å². The Morgan fingerprint density at radius 1 is 1.43 bits per heavy atom. The summed E-state index contributed by atoms with van der Waals surface area (Å²) in [5.74, 6) is 0.423. The highest BCUT2D eigenvalue weighted by molar-refractivity contribution is 6.33. The van der Waals surface area contributed by atoms with Gasteiger partial charge in [0, 0.05) is 12.5 Å². The largest absolute Gasteiger partial charge is 0.339 e. The van der Waals surface area contributed by atoms with Crippen molar-refractivity contribution in [2.45, 2.75) is 6.92 Å². The van der Waals surface area contributed by atoms with Gasteiger partial charge in [-0.15, -0.1) is 0 Å². The Bertz CT molecular complexity index is 470. The van der Waals surface area contributed by atoms with Crippen LogP contribution in [0.25, 0.3) is 11.4 Å². The zero-order chi connectivity index (χ0) is 10.1. The normalized spacial score (nSPS) is 10.5. The Morgan fingerprint density at radius 2 is 2.21 bits per heavy atom. The summed E-state index contributed by atoms with van der Waals surface area (Å²) in [7, 11) is 0. The summed E-state index contributed by atoms with van der Waals surface area (Å²) in [6.45, 7) is 1.67. The van der Waals surface area contributed by atoms with E-state index < -0.39 is 0 Å². The molecule has 2 rings (SSSR count). The van der Waals surface area contributed by atoms with Crippen LogP contribution >= 0.6 is 11.6 Å². The van der Waals surface area contributed by atoms with E-state index in [1.807, 2.05) is 0 Å². The van der Waals surface area contributed by atoms with Gasteiger partial charge < -0.3 is 4.52 Å². The molecule has 0 atom stereocenters. The zero-order valence-electron chi connectivity index (χ0n) is 7.29. The molecular weight excluding hydrogens is 207 g/mol. The van der Waals surface area contributed by atoms with E-state index >= 15 is 0 Å². The highest BCUT2D eigenvalue weighted by Crippen LogP contribution is 2.25. The Morgan fingerprint density at radius 3 is 2.79 bits per heavy atom. The van der Waals surface area contributed by atoms with Gasteiger partial charge in [0.25, 0.3) is 0 Å². The van der Waals surface area contributed by atoms with E-state index in [4.69, 9.17) is 16.1 Å². The molecule has 1 aromatic heterocycles. The number of aromatic nitrogens is 2. The molecule has 0 saturated heterocycles. The molecule has 3 nitrogen and oxygen atoms in total. The standard InChI is InChI=1S/C9H6ClFN2O/c1-5-12-9(13-14-5)7-3-2-6(11)4-8(7)10/h2-4H,1H3. The zero-order valence-corrected chi connectivity index (χ0v) is 8.05. The predicted molar refractivity (Wildman–Crippen MR) is 49.4 cm³/mol. The second kappa shape index (κ2) is 3.38. The number of benzene rings is 1. The number of halogens is 2. The monoisotopic (exact) mass is 212 g/mol. The summed E-state index contributed by atoms with van der Waals surface area (Å²) in [6.07, 6.45) is 0. The first kappa shape index (κ1) is 9.15. The van der Waals surface area contributed by atoms with E-state index in [0.29, 0.717) is 17.3 Å². The number of rotatable bonds is 1. The molecule has 0 aliphatic rings. The molecule has 0 spiro atoms. The Hall–Kier alpha value is -1.42. The van der Waals surface area contributed by atoms with Crippen LogP contribution in [0.3, 0.4) is 0 Å². The Balaban J connectivity index is 2.52. The van der Waals surface area contributed by atoms with Crippen molar-refractivity contribution in [2.24, 2.45) is 0 Å². The van der Waals surface area contributed by atoms with E-state index in [2.05, 4.69) is 10.1 Å². The van der Waals surface area contributed by atoms with Gasteiger partial charge in [0.05, 0.1) is 5.02 Å². The molecule has 0 unspecified atom stereocenters. The number of aryl methyl sites for hydroxylation is 1. The molecule has 0 amide bonds. The van der Waals surface area contributed by atoms with Crippen LogP contribution in [0.4, 0.5) is 4.39 Å². The van der Waals surface area contributed by atoms with Crippen molar-refractivity contribution in [1.82, 2.24) is 10.1 Å². The predicted octanol–water partition coefficient (Wildman–Crippen LogP) is 2.84. The van der Waals surface area contributed by atoms with Crippen molar-refractivity contribution >= 4 is 11.6 Å². The van der Waals surface area contributed by atoms with Crippen molar-refractivity contribution in [3.8, 4) is 11.4 Å². The molecule has 0 aliphatic heterocycles.